The van der Waals surface area contributed by atoms with Gasteiger partial charge in [-0.1, -0.05) is 51.1 Å². The molecule has 2 aromatic heterocycles. The Balaban J connectivity index is 1.75. The maximum atomic E-state index is 13.1. The first-order valence-electron chi connectivity index (χ1n) is 9.05. The van der Waals surface area contributed by atoms with Gasteiger partial charge >= 0.3 is 0 Å². The number of aromatic nitrogens is 1. The monoisotopic (exact) mass is 364 g/mol. The van der Waals surface area contributed by atoms with Crippen molar-refractivity contribution in [2.75, 3.05) is 6.54 Å². The summed E-state index contributed by atoms with van der Waals surface area (Å²) in [4.78, 5) is 16.0. The number of fused-ring (bicyclic) bond motifs is 1. The smallest absolute Gasteiger partial charge is 0.264 e. The van der Waals surface area contributed by atoms with Crippen molar-refractivity contribution in [2.24, 2.45) is 0 Å². The third-order valence-electron chi connectivity index (χ3n) is 5.12. The molecule has 0 saturated carbocycles. The second kappa shape index (κ2) is 6.44. The van der Waals surface area contributed by atoms with Crippen molar-refractivity contribution in [3.05, 3.63) is 81.8 Å². The van der Waals surface area contributed by atoms with E-state index in [2.05, 4.69) is 67.9 Å². The van der Waals surface area contributed by atoms with E-state index >= 15 is 0 Å². The van der Waals surface area contributed by atoms with Crippen molar-refractivity contribution < 1.29 is 4.79 Å². The average Bonchev–Trinajstić information content (AvgIpc) is 3.31. The van der Waals surface area contributed by atoms with Gasteiger partial charge in [0.2, 0.25) is 0 Å². The van der Waals surface area contributed by atoms with Gasteiger partial charge in [0.25, 0.3) is 5.91 Å². The topological polar surface area (TPSA) is 25.2 Å². The van der Waals surface area contributed by atoms with Crippen LogP contribution in [0.25, 0.3) is 0 Å². The molecule has 0 bridgehead atoms. The molecule has 1 aliphatic rings. The van der Waals surface area contributed by atoms with Crippen LogP contribution in [-0.4, -0.2) is 21.9 Å². The van der Waals surface area contributed by atoms with Crippen LogP contribution in [0.4, 0.5) is 0 Å². The van der Waals surface area contributed by atoms with Crippen molar-refractivity contribution >= 4 is 17.2 Å². The standard InChI is InChI=1S/C22H24N2OS/c1-22(2,3)17-10-8-16(9-11-17)20-18-6-4-12-23(18)13-14-24(20)21(25)19-7-5-15-26-19/h4-12,15,20H,13-14H2,1-3H3. The van der Waals surface area contributed by atoms with E-state index in [0.717, 1.165) is 18.0 Å². The van der Waals surface area contributed by atoms with E-state index < -0.39 is 0 Å². The van der Waals surface area contributed by atoms with Crippen LogP contribution < -0.4 is 0 Å². The van der Waals surface area contributed by atoms with Crippen molar-refractivity contribution in [1.29, 1.82) is 0 Å². The predicted molar refractivity (Wildman–Crippen MR) is 107 cm³/mol. The summed E-state index contributed by atoms with van der Waals surface area (Å²) < 4.78 is 2.26. The maximum absolute atomic E-state index is 13.1. The van der Waals surface area contributed by atoms with Crippen LogP contribution >= 0.6 is 11.3 Å². The molecule has 0 aliphatic carbocycles. The summed E-state index contributed by atoms with van der Waals surface area (Å²) >= 11 is 1.51. The Morgan fingerprint density at radius 2 is 1.81 bits per heavy atom. The third kappa shape index (κ3) is 2.99. The molecule has 1 aromatic carbocycles. The zero-order valence-corrected chi connectivity index (χ0v) is 16.3. The van der Waals surface area contributed by atoms with Gasteiger partial charge in [-0.15, -0.1) is 11.3 Å². The van der Waals surface area contributed by atoms with E-state index in [0.29, 0.717) is 0 Å². The highest BCUT2D eigenvalue weighted by Gasteiger charge is 2.33. The van der Waals surface area contributed by atoms with Gasteiger partial charge in [0.05, 0.1) is 10.9 Å². The van der Waals surface area contributed by atoms with E-state index in [1.807, 2.05) is 22.4 Å². The number of carbonyl (C=O) groups is 1. The van der Waals surface area contributed by atoms with E-state index in [-0.39, 0.29) is 17.4 Å². The lowest BCUT2D eigenvalue weighted by Crippen LogP contribution is -2.42. The lowest BCUT2D eigenvalue weighted by molar-refractivity contribution is 0.0669. The zero-order valence-electron chi connectivity index (χ0n) is 15.5. The number of thiophene rings is 1. The number of amides is 1. The molecule has 1 amide bonds. The fraction of sp³-hybridized carbons (Fsp3) is 0.318. The van der Waals surface area contributed by atoms with Gasteiger partial charge in [-0.25, -0.2) is 0 Å². The minimum atomic E-state index is -0.0395. The second-order valence-electron chi connectivity index (χ2n) is 7.88. The molecule has 3 aromatic rings. The summed E-state index contributed by atoms with van der Waals surface area (Å²) in [5.41, 5.74) is 3.79. The molecule has 3 nitrogen and oxygen atoms in total. The van der Waals surface area contributed by atoms with Crippen LogP contribution in [0.5, 0.6) is 0 Å². The highest BCUT2D eigenvalue weighted by molar-refractivity contribution is 7.12. The molecule has 1 unspecified atom stereocenters. The van der Waals surface area contributed by atoms with Crippen LogP contribution in [0.15, 0.2) is 60.1 Å². The number of rotatable bonds is 2. The first-order chi connectivity index (χ1) is 12.4. The van der Waals surface area contributed by atoms with Gasteiger partial charge in [-0.3, -0.25) is 4.79 Å². The molecule has 1 atom stereocenters. The molecule has 3 heterocycles. The lowest BCUT2D eigenvalue weighted by Gasteiger charge is -2.37. The first-order valence-corrected chi connectivity index (χ1v) is 9.93. The van der Waals surface area contributed by atoms with Gasteiger partial charge in [0.15, 0.2) is 0 Å². The number of benzene rings is 1. The van der Waals surface area contributed by atoms with Gasteiger partial charge in [-0.05, 0) is 40.1 Å². The molecular formula is C22H24N2OS. The number of nitrogens with zero attached hydrogens (tertiary/aromatic N) is 2. The van der Waals surface area contributed by atoms with Crippen LogP contribution in [0.2, 0.25) is 0 Å². The Morgan fingerprint density at radius 1 is 1.04 bits per heavy atom. The van der Waals surface area contributed by atoms with Crippen molar-refractivity contribution in [1.82, 2.24) is 9.47 Å². The number of hydrogen-bond acceptors (Lipinski definition) is 2. The molecule has 4 heteroatoms. The summed E-state index contributed by atoms with van der Waals surface area (Å²) in [7, 11) is 0. The molecule has 1 aliphatic heterocycles. The average molecular weight is 365 g/mol. The highest BCUT2D eigenvalue weighted by atomic mass is 32.1. The first kappa shape index (κ1) is 17.1. The van der Waals surface area contributed by atoms with Crippen LogP contribution in [0.1, 0.15) is 53.3 Å². The van der Waals surface area contributed by atoms with E-state index in [1.165, 1.54) is 28.2 Å². The predicted octanol–water partition coefficient (Wildman–Crippen LogP) is 5.09. The minimum Gasteiger partial charge on any atom is -0.348 e. The zero-order chi connectivity index (χ0) is 18.3. The number of hydrogen-bond donors (Lipinski definition) is 0. The maximum Gasteiger partial charge on any atom is 0.264 e. The van der Waals surface area contributed by atoms with Crippen molar-refractivity contribution in [2.45, 2.75) is 38.8 Å². The fourth-order valence-electron chi connectivity index (χ4n) is 3.66. The van der Waals surface area contributed by atoms with Gasteiger partial charge in [0, 0.05) is 25.0 Å². The molecule has 0 saturated heterocycles. The molecule has 26 heavy (non-hydrogen) atoms. The van der Waals surface area contributed by atoms with Gasteiger partial charge < -0.3 is 9.47 Å². The van der Waals surface area contributed by atoms with E-state index in [4.69, 9.17) is 0 Å². The molecule has 0 N–H and O–H groups in total. The highest BCUT2D eigenvalue weighted by Crippen LogP contribution is 2.35. The van der Waals surface area contributed by atoms with Crippen molar-refractivity contribution in [3.63, 3.8) is 0 Å². The Bertz CT molecular complexity index is 901. The van der Waals surface area contributed by atoms with Gasteiger partial charge in [0.1, 0.15) is 0 Å². The van der Waals surface area contributed by atoms with Crippen LogP contribution in [0.3, 0.4) is 0 Å². The van der Waals surface area contributed by atoms with Gasteiger partial charge in [-0.2, -0.15) is 0 Å². The molecule has 0 spiro atoms. The SMILES string of the molecule is CC(C)(C)c1ccc(C2c3cccn3CCN2C(=O)c2cccs2)cc1. The van der Waals surface area contributed by atoms with E-state index in [9.17, 15) is 4.79 Å². The number of carbonyl (C=O) groups excluding carboxylic acids is 1. The lowest BCUT2D eigenvalue weighted by atomic mass is 9.86. The molecular weight excluding hydrogens is 340 g/mol. The summed E-state index contributed by atoms with van der Waals surface area (Å²) in [6, 6.07) is 16.8. The molecule has 4 rings (SSSR count). The quantitative estimate of drug-likeness (QED) is 0.621. The summed E-state index contributed by atoms with van der Waals surface area (Å²) in [6.07, 6.45) is 2.11. The third-order valence-corrected chi connectivity index (χ3v) is 5.98. The van der Waals surface area contributed by atoms with Crippen LogP contribution in [-0.2, 0) is 12.0 Å². The Kier molecular flexibility index (Phi) is 4.23. The van der Waals surface area contributed by atoms with E-state index in [1.54, 1.807) is 0 Å². The largest absolute Gasteiger partial charge is 0.348 e. The summed E-state index contributed by atoms with van der Waals surface area (Å²) in [5.74, 6) is 0.123. The molecule has 0 radical (unpaired) electrons. The molecule has 0 fully saturated rings. The second-order valence-corrected chi connectivity index (χ2v) is 8.82. The Hall–Kier alpha value is -2.33. The fourth-order valence-corrected chi connectivity index (χ4v) is 4.34. The summed E-state index contributed by atoms with van der Waals surface area (Å²) in [6.45, 7) is 8.24. The Labute approximate surface area is 158 Å². The van der Waals surface area contributed by atoms with Crippen LogP contribution in [0, 0.1) is 0 Å². The normalized spacial score (nSPS) is 17.2. The van der Waals surface area contributed by atoms with Crippen molar-refractivity contribution in [3.8, 4) is 0 Å². The minimum absolute atomic E-state index is 0.0395. The summed E-state index contributed by atoms with van der Waals surface area (Å²) in [5, 5.41) is 1.97. The molecule has 134 valence electrons. The Morgan fingerprint density at radius 3 is 2.46 bits per heavy atom.